The molecule has 76 valence electrons. The molecular weight excluding hydrogens is 376 g/mol. The average molecular weight is 397 g/mol. The number of quaternary nitrogens is 1. The van der Waals surface area contributed by atoms with Crippen LogP contribution >= 0.6 is 24.0 Å². The fourth-order valence-corrected chi connectivity index (χ4v) is 1.86. The zero-order valence-corrected chi connectivity index (χ0v) is 12.7. The molecule has 0 aromatic heterocycles. The predicted octanol–water partition coefficient (Wildman–Crippen LogP) is -0.351. The van der Waals surface area contributed by atoms with Gasteiger partial charge in [-0.15, -0.1) is 24.0 Å². The van der Waals surface area contributed by atoms with E-state index in [0.717, 1.165) is 0 Å². The highest BCUT2D eigenvalue weighted by Gasteiger charge is 2.25. The maximum Gasteiger partial charge on any atom is 0.0786 e. The smallest absolute Gasteiger partial charge is 0.0786 e. The van der Waals surface area contributed by atoms with Crippen molar-refractivity contribution in [3.05, 3.63) is 0 Å². The fraction of sp³-hybridized carbons (Fsp3) is 1.00. The molecular formula is C9H21I2N. The van der Waals surface area contributed by atoms with Crippen LogP contribution < -0.4 is 24.0 Å². The van der Waals surface area contributed by atoms with Crippen LogP contribution in [0.15, 0.2) is 0 Å². The Morgan fingerprint density at radius 2 is 1.67 bits per heavy atom. The van der Waals surface area contributed by atoms with Crippen molar-refractivity contribution in [2.75, 3.05) is 26.7 Å². The van der Waals surface area contributed by atoms with Crippen molar-refractivity contribution in [2.24, 2.45) is 0 Å². The minimum Gasteiger partial charge on any atom is -1.00 e. The van der Waals surface area contributed by atoms with E-state index in [-0.39, 0.29) is 48.0 Å². The van der Waals surface area contributed by atoms with Crippen LogP contribution in [0.2, 0.25) is 0 Å². The SMILES string of the molecule is CCCC[N+]1(C)CCCC1.I.[I-]. The summed E-state index contributed by atoms with van der Waals surface area (Å²) in [5, 5.41) is 0. The molecule has 1 rings (SSSR count). The molecule has 0 N–H and O–H groups in total. The molecule has 0 radical (unpaired) electrons. The number of rotatable bonds is 3. The van der Waals surface area contributed by atoms with Crippen LogP contribution in [0.3, 0.4) is 0 Å². The van der Waals surface area contributed by atoms with Crippen molar-refractivity contribution >= 4 is 24.0 Å². The van der Waals surface area contributed by atoms with Crippen LogP contribution in [0.5, 0.6) is 0 Å². The molecule has 0 atom stereocenters. The van der Waals surface area contributed by atoms with E-state index in [4.69, 9.17) is 0 Å². The third-order valence-electron chi connectivity index (χ3n) is 2.70. The molecule has 0 unspecified atom stereocenters. The van der Waals surface area contributed by atoms with Gasteiger partial charge in [0, 0.05) is 12.8 Å². The maximum atomic E-state index is 2.41. The topological polar surface area (TPSA) is 0 Å². The van der Waals surface area contributed by atoms with Gasteiger partial charge in [0.05, 0.1) is 26.7 Å². The Balaban J connectivity index is 0. The highest BCUT2D eigenvalue weighted by Crippen LogP contribution is 2.16. The largest absolute Gasteiger partial charge is 1.00 e. The van der Waals surface area contributed by atoms with Crippen molar-refractivity contribution in [3.63, 3.8) is 0 Å². The molecule has 1 saturated heterocycles. The second-order valence-electron chi connectivity index (χ2n) is 3.85. The summed E-state index contributed by atoms with van der Waals surface area (Å²) < 4.78 is 1.36. The van der Waals surface area contributed by atoms with E-state index < -0.39 is 0 Å². The van der Waals surface area contributed by atoms with Crippen molar-refractivity contribution < 1.29 is 28.5 Å². The number of hydrogen-bond acceptors (Lipinski definition) is 0. The summed E-state index contributed by atoms with van der Waals surface area (Å²) in [4.78, 5) is 0. The van der Waals surface area contributed by atoms with Crippen LogP contribution in [-0.4, -0.2) is 31.2 Å². The van der Waals surface area contributed by atoms with Gasteiger partial charge in [0.25, 0.3) is 0 Å². The van der Waals surface area contributed by atoms with Crippen LogP contribution in [-0.2, 0) is 0 Å². The van der Waals surface area contributed by atoms with Crippen molar-refractivity contribution in [2.45, 2.75) is 32.6 Å². The van der Waals surface area contributed by atoms with Crippen molar-refractivity contribution in [1.82, 2.24) is 0 Å². The number of unbranched alkanes of at least 4 members (excludes halogenated alkanes) is 1. The fourth-order valence-electron chi connectivity index (χ4n) is 1.86. The van der Waals surface area contributed by atoms with E-state index in [1.807, 2.05) is 0 Å². The maximum absolute atomic E-state index is 2.41. The van der Waals surface area contributed by atoms with Crippen LogP contribution in [0.4, 0.5) is 0 Å². The molecule has 0 bridgehead atoms. The summed E-state index contributed by atoms with van der Waals surface area (Å²) in [6.07, 6.45) is 5.69. The Kier molecular flexibility index (Phi) is 10.3. The molecule has 0 amide bonds. The van der Waals surface area contributed by atoms with E-state index in [2.05, 4.69) is 14.0 Å². The molecule has 1 aliphatic heterocycles. The van der Waals surface area contributed by atoms with E-state index in [9.17, 15) is 0 Å². The summed E-state index contributed by atoms with van der Waals surface area (Å²) >= 11 is 0. The summed E-state index contributed by atoms with van der Waals surface area (Å²) in [7, 11) is 2.41. The second kappa shape index (κ2) is 7.79. The van der Waals surface area contributed by atoms with Crippen molar-refractivity contribution in [1.29, 1.82) is 0 Å². The third kappa shape index (κ3) is 5.21. The minimum atomic E-state index is 0. The lowest BCUT2D eigenvalue weighted by Crippen LogP contribution is -3.00. The summed E-state index contributed by atoms with van der Waals surface area (Å²) in [5.74, 6) is 0. The molecule has 1 fully saturated rings. The summed E-state index contributed by atoms with van der Waals surface area (Å²) in [5.41, 5.74) is 0. The molecule has 0 aromatic carbocycles. The van der Waals surface area contributed by atoms with Gasteiger partial charge in [-0.05, 0) is 6.42 Å². The Bertz CT molecular complexity index is 101. The number of hydrogen-bond donors (Lipinski definition) is 0. The van der Waals surface area contributed by atoms with E-state index >= 15 is 0 Å². The lowest BCUT2D eigenvalue weighted by molar-refractivity contribution is -0.897. The molecule has 0 saturated carbocycles. The monoisotopic (exact) mass is 397 g/mol. The lowest BCUT2D eigenvalue weighted by Gasteiger charge is -2.28. The van der Waals surface area contributed by atoms with Gasteiger partial charge in [0.15, 0.2) is 0 Å². The first-order valence-corrected chi connectivity index (χ1v) is 4.60. The number of nitrogens with zero attached hydrogens (tertiary/aromatic N) is 1. The summed E-state index contributed by atoms with van der Waals surface area (Å²) in [6.45, 7) is 6.55. The van der Waals surface area contributed by atoms with E-state index in [0.29, 0.717) is 0 Å². The Labute approximate surface area is 111 Å². The first-order valence-electron chi connectivity index (χ1n) is 4.60. The van der Waals surface area contributed by atoms with Gasteiger partial charge < -0.3 is 28.5 Å². The van der Waals surface area contributed by atoms with Gasteiger partial charge in [0.2, 0.25) is 0 Å². The molecule has 1 heterocycles. The minimum absolute atomic E-state index is 0. The predicted molar refractivity (Wildman–Crippen MR) is 60.3 cm³/mol. The second-order valence-corrected chi connectivity index (χ2v) is 3.85. The standard InChI is InChI=1S/C9H20N.2HI/c1-3-4-7-10(2)8-5-6-9-10;;/h3-9H2,1-2H3;2*1H/q+1;;/p-1. The molecule has 1 nitrogen and oxygen atoms in total. The molecule has 1 aliphatic rings. The van der Waals surface area contributed by atoms with Gasteiger partial charge >= 0.3 is 0 Å². The molecule has 0 aromatic rings. The first kappa shape index (κ1) is 15.9. The Morgan fingerprint density at radius 3 is 2.08 bits per heavy atom. The zero-order valence-electron chi connectivity index (χ0n) is 8.18. The Hall–Kier alpha value is 1.42. The van der Waals surface area contributed by atoms with Crippen molar-refractivity contribution in [3.8, 4) is 0 Å². The zero-order chi connectivity index (χ0) is 7.45. The van der Waals surface area contributed by atoms with Gasteiger partial charge in [-0.1, -0.05) is 13.3 Å². The van der Waals surface area contributed by atoms with Gasteiger partial charge in [-0.3, -0.25) is 0 Å². The van der Waals surface area contributed by atoms with Crippen LogP contribution in [0.1, 0.15) is 32.6 Å². The van der Waals surface area contributed by atoms with Crippen LogP contribution in [0.25, 0.3) is 0 Å². The third-order valence-corrected chi connectivity index (χ3v) is 2.70. The molecule has 12 heavy (non-hydrogen) atoms. The summed E-state index contributed by atoms with van der Waals surface area (Å²) in [6, 6.07) is 0. The lowest BCUT2D eigenvalue weighted by atomic mass is 10.3. The average Bonchev–Trinajstić information content (AvgIpc) is 2.33. The van der Waals surface area contributed by atoms with Gasteiger partial charge in [0.1, 0.15) is 0 Å². The quantitative estimate of drug-likeness (QED) is 0.452. The normalized spacial score (nSPS) is 19.5. The van der Waals surface area contributed by atoms with E-state index in [1.165, 1.54) is 49.8 Å². The van der Waals surface area contributed by atoms with Crippen LogP contribution in [0, 0.1) is 0 Å². The highest BCUT2D eigenvalue weighted by atomic mass is 127. The van der Waals surface area contributed by atoms with E-state index in [1.54, 1.807) is 0 Å². The highest BCUT2D eigenvalue weighted by molar-refractivity contribution is 14.0. The number of likely N-dealkylation sites (tertiary alicyclic amines) is 1. The first-order chi connectivity index (χ1) is 4.77. The van der Waals surface area contributed by atoms with Gasteiger partial charge in [-0.25, -0.2) is 0 Å². The molecule has 3 heteroatoms. The molecule has 0 aliphatic carbocycles. The molecule has 0 spiro atoms. The van der Waals surface area contributed by atoms with Gasteiger partial charge in [-0.2, -0.15) is 0 Å². The Morgan fingerprint density at radius 1 is 1.17 bits per heavy atom. The number of halogens is 2.